The first-order valence-electron chi connectivity index (χ1n) is 6.63. The molecule has 0 heterocycles. The number of hydrogen-bond donors (Lipinski definition) is 2. The van der Waals surface area contributed by atoms with Crippen LogP contribution >= 0.6 is 7.60 Å². The Hall–Kier alpha value is -1.11. The highest BCUT2D eigenvalue weighted by atomic mass is 31.2. The molecule has 0 aliphatic heterocycles. The van der Waals surface area contributed by atoms with Gasteiger partial charge < -0.3 is 24.2 Å². The molecule has 124 valence electrons. The van der Waals surface area contributed by atoms with Crippen molar-refractivity contribution in [1.82, 2.24) is 5.32 Å². The first-order valence-corrected chi connectivity index (χ1v) is 8.36. The van der Waals surface area contributed by atoms with E-state index < -0.39 is 37.5 Å². The lowest BCUT2D eigenvalue weighted by Crippen LogP contribution is -2.45. The lowest BCUT2D eigenvalue weighted by atomic mass is 10.2. The molecule has 9 heteroatoms. The summed E-state index contributed by atoms with van der Waals surface area (Å²) in [6.45, 7) is 8.38. The molecule has 0 aromatic heterocycles. The van der Waals surface area contributed by atoms with Crippen LogP contribution in [-0.4, -0.2) is 48.2 Å². The zero-order valence-corrected chi connectivity index (χ0v) is 13.9. The van der Waals surface area contributed by atoms with E-state index in [4.69, 9.17) is 18.9 Å². The Morgan fingerprint density at radius 3 is 2.00 bits per heavy atom. The molecule has 0 aliphatic rings. The fourth-order valence-corrected chi connectivity index (χ4v) is 3.16. The summed E-state index contributed by atoms with van der Waals surface area (Å²) in [5, 5.41) is 11.3. The van der Waals surface area contributed by atoms with Gasteiger partial charge in [-0.2, -0.15) is 0 Å². The SMILES string of the molecule is CCOP(=O)(C[C@H](NC(=O)OC(C)(C)C)C(=O)O)OCC. The Bertz CT molecular complexity index is 395. The molecule has 0 aromatic rings. The number of aliphatic carboxylic acids is 1. The summed E-state index contributed by atoms with van der Waals surface area (Å²) in [7, 11) is -3.59. The van der Waals surface area contributed by atoms with Crippen LogP contribution in [0, 0.1) is 0 Å². The number of nitrogens with one attached hydrogen (secondary N) is 1. The summed E-state index contributed by atoms with van der Waals surface area (Å²) in [6.07, 6.45) is -1.38. The minimum absolute atomic E-state index is 0.107. The minimum atomic E-state index is -3.59. The smallest absolute Gasteiger partial charge is 0.408 e. The topological polar surface area (TPSA) is 111 Å². The molecule has 0 aromatic carbocycles. The maximum atomic E-state index is 12.3. The number of carboxylic acids is 1. The number of amides is 1. The van der Waals surface area contributed by atoms with Crippen LogP contribution in [0.1, 0.15) is 34.6 Å². The maximum absolute atomic E-state index is 12.3. The van der Waals surface area contributed by atoms with E-state index in [1.807, 2.05) is 0 Å². The molecular formula is C12H24NO7P. The third-order valence-corrected chi connectivity index (χ3v) is 4.16. The molecule has 0 saturated heterocycles. The summed E-state index contributed by atoms with van der Waals surface area (Å²) in [6, 6.07) is -1.43. The van der Waals surface area contributed by atoms with Gasteiger partial charge in [-0.25, -0.2) is 9.59 Å². The van der Waals surface area contributed by atoms with Gasteiger partial charge in [0, 0.05) is 0 Å². The lowest BCUT2D eigenvalue weighted by molar-refractivity contribution is -0.139. The fraction of sp³-hybridized carbons (Fsp3) is 0.833. The number of carbonyl (C=O) groups is 2. The standard InChI is InChI=1S/C12H24NO7P/c1-6-18-21(17,19-7-2)8-9(10(14)15)13-11(16)20-12(3,4)5/h9H,6-8H2,1-5H3,(H,13,16)(H,14,15)/t9-/m0/s1. The van der Waals surface area contributed by atoms with Gasteiger partial charge in [0.15, 0.2) is 0 Å². The molecule has 0 unspecified atom stereocenters. The molecule has 0 spiro atoms. The van der Waals surface area contributed by atoms with Gasteiger partial charge in [-0.15, -0.1) is 0 Å². The van der Waals surface area contributed by atoms with Gasteiger partial charge in [-0.1, -0.05) is 0 Å². The largest absolute Gasteiger partial charge is 0.480 e. The van der Waals surface area contributed by atoms with Gasteiger partial charge in [0.25, 0.3) is 0 Å². The predicted octanol–water partition coefficient (Wildman–Crippen LogP) is 2.23. The molecule has 0 rings (SSSR count). The number of rotatable bonds is 8. The quantitative estimate of drug-likeness (QED) is 0.658. The number of carboxylic acid groups (broad SMARTS) is 1. The second-order valence-corrected chi connectivity index (χ2v) is 7.27. The molecule has 0 aliphatic carbocycles. The van der Waals surface area contributed by atoms with E-state index >= 15 is 0 Å². The van der Waals surface area contributed by atoms with E-state index in [1.165, 1.54) is 0 Å². The van der Waals surface area contributed by atoms with E-state index in [1.54, 1.807) is 34.6 Å². The molecule has 2 N–H and O–H groups in total. The third kappa shape index (κ3) is 8.70. The lowest BCUT2D eigenvalue weighted by Gasteiger charge is -2.24. The number of alkyl carbamates (subject to hydrolysis) is 1. The molecule has 0 radical (unpaired) electrons. The molecule has 1 atom stereocenters. The van der Waals surface area contributed by atoms with Crippen LogP contribution in [0.25, 0.3) is 0 Å². The molecule has 0 fully saturated rings. The van der Waals surface area contributed by atoms with E-state index in [0.717, 1.165) is 0 Å². The van der Waals surface area contributed by atoms with Crippen molar-refractivity contribution >= 4 is 19.7 Å². The van der Waals surface area contributed by atoms with Crippen LogP contribution in [0.15, 0.2) is 0 Å². The van der Waals surface area contributed by atoms with Crippen molar-refractivity contribution in [1.29, 1.82) is 0 Å². The number of hydrogen-bond acceptors (Lipinski definition) is 6. The van der Waals surface area contributed by atoms with Crippen molar-refractivity contribution in [3.8, 4) is 0 Å². The van der Waals surface area contributed by atoms with Gasteiger partial charge in [-0.3, -0.25) is 4.57 Å². The number of ether oxygens (including phenoxy) is 1. The van der Waals surface area contributed by atoms with Gasteiger partial charge in [0.05, 0.1) is 19.4 Å². The Morgan fingerprint density at radius 1 is 1.19 bits per heavy atom. The van der Waals surface area contributed by atoms with Gasteiger partial charge >= 0.3 is 19.7 Å². The third-order valence-electron chi connectivity index (χ3n) is 2.05. The van der Waals surface area contributed by atoms with Gasteiger partial charge in [0.1, 0.15) is 11.6 Å². The van der Waals surface area contributed by atoms with Crippen LogP contribution in [0.2, 0.25) is 0 Å². The van der Waals surface area contributed by atoms with Crippen LogP contribution in [0.5, 0.6) is 0 Å². The predicted molar refractivity (Wildman–Crippen MR) is 76.5 cm³/mol. The Labute approximate surface area is 124 Å². The zero-order valence-electron chi connectivity index (χ0n) is 13.0. The van der Waals surface area contributed by atoms with Crippen molar-refractivity contribution in [3.63, 3.8) is 0 Å². The zero-order chi connectivity index (χ0) is 16.7. The first-order chi connectivity index (χ1) is 9.53. The van der Waals surface area contributed by atoms with E-state index in [0.29, 0.717) is 0 Å². The summed E-state index contributed by atoms with van der Waals surface area (Å²) in [4.78, 5) is 22.8. The molecule has 0 bridgehead atoms. The molecule has 0 saturated carbocycles. The monoisotopic (exact) mass is 325 g/mol. The minimum Gasteiger partial charge on any atom is -0.480 e. The summed E-state index contributed by atoms with van der Waals surface area (Å²) in [5.74, 6) is -1.35. The highest BCUT2D eigenvalue weighted by molar-refractivity contribution is 7.54. The highest BCUT2D eigenvalue weighted by Crippen LogP contribution is 2.48. The second kappa shape index (κ2) is 8.36. The summed E-state index contributed by atoms with van der Waals surface area (Å²) in [5.41, 5.74) is -0.767. The second-order valence-electron chi connectivity index (χ2n) is 5.17. The highest BCUT2D eigenvalue weighted by Gasteiger charge is 2.34. The van der Waals surface area contributed by atoms with Crippen LogP contribution < -0.4 is 5.32 Å². The van der Waals surface area contributed by atoms with E-state index in [-0.39, 0.29) is 13.2 Å². The summed E-state index contributed by atoms with van der Waals surface area (Å²) < 4.78 is 27.3. The molecule has 8 nitrogen and oxygen atoms in total. The average molecular weight is 325 g/mol. The Kier molecular flexibility index (Phi) is 7.92. The van der Waals surface area contributed by atoms with Crippen LogP contribution in [-0.2, 0) is 23.1 Å². The normalized spacial score (nSPS) is 13.6. The first kappa shape index (κ1) is 19.9. The molecule has 1 amide bonds. The summed E-state index contributed by atoms with van der Waals surface area (Å²) >= 11 is 0. The Morgan fingerprint density at radius 2 is 1.67 bits per heavy atom. The van der Waals surface area contributed by atoms with Gasteiger partial charge in [0.2, 0.25) is 0 Å². The fourth-order valence-electron chi connectivity index (χ4n) is 1.39. The van der Waals surface area contributed by atoms with Crippen molar-refractivity contribution in [2.75, 3.05) is 19.4 Å². The van der Waals surface area contributed by atoms with Gasteiger partial charge in [-0.05, 0) is 34.6 Å². The Balaban J connectivity index is 4.87. The van der Waals surface area contributed by atoms with Crippen molar-refractivity contribution in [2.45, 2.75) is 46.3 Å². The number of carbonyl (C=O) groups excluding carboxylic acids is 1. The maximum Gasteiger partial charge on any atom is 0.408 e. The van der Waals surface area contributed by atoms with E-state index in [9.17, 15) is 14.2 Å². The van der Waals surface area contributed by atoms with Crippen molar-refractivity contribution in [3.05, 3.63) is 0 Å². The van der Waals surface area contributed by atoms with Crippen LogP contribution in [0.4, 0.5) is 4.79 Å². The van der Waals surface area contributed by atoms with Crippen LogP contribution in [0.3, 0.4) is 0 Å². The van der Waals surface area contributed by atoms with Crippen molar-refractivity contribution in [2.24, 2.45) is 0 Å². The molecular weight excluding hydrogens is 301 g/mol. The van der Waals surface area contributed by atoms with Crippen molar-refractivity contribution < 1.29 is 33.0 Å². The molecule has 21 heavy (non-hydrogen) atoms. The van der Waals surface area contributed by atoms with E-state index in [2.05, 4.69) is 5.32 Å². The average Bonchev–Trinajstić information content (AvgIpc) is 2.25.